The molecule has 5 aromatic rings. The number of amides is 1. The van der Waals surface area contributed by atoms with Gasteiger partial charge in [-0.2, -0.15) is 5.10 Å². The normalized spacial score (nSPS) is 13.9. The summed E-state index contributed by atoms with van der Waals surface area (Å²) >= 11 is 7.77. The summed E-state index contributed by atoms with van der Waals surface area (Å²) in [7, 11) is 1.86. The Labute approximate surface area is 245 Å². The molecule has 1 aliphatic rings. The van der Waals surface area contributed by atoms with E-state index in [0.29, 0.717) is 22.4 Å². The van der Waals surface area contributed by atoms with Gasteiger partial charge in [0.2, 0.25) is 5.91 Å². The number of fused-ring (bicyclic) bond motifs is 3. The number of phenolic OH excluding ortho intramolecular Hbond substituents is 1. The largest absolute Gasteiger partial charge is 0.508 e. The molecule has 11 heteroatoms. The Morgan fingerprint density at radius 2 is 1.85 bits per heavy atom. The molecule has 6 rings (SSSR count). The Kier molecular flexibility index (Phi) is 6.91. The average molecular weight is 582 g/mol. The number of aliphatic imine (C=N–C) groups is 1. The minimum Gasteiger partial charge on any atom is -0.508 e. The van der Waals surface area contributed by atoms with E-state index in [2.05, 4.69) is 32.5 Å². The van der Waals surface area contributed by atoms with Crippen LogP contribution in [0.15, 0.2) is 65.9 Å². The second-order valence-electron chi connectivity index (χ2n) is 9.63. The number of nitrogens with one attached hydrogen (secondary N) is 1. The maximum absolute atomic E-state index is 13.2. The van der Waals surface area contributed by atoms with Gasteiger partial charge >= 0.3 is 0 Å². The highest BCUT2D eigenvalue weighted by Crippen LogP contribution is 2.40. The number of halogens is 1. The van der Waals surface area contributed by atoms with Crippen LogP contribution in [-0.2, 0) is 11.8 Å². The number of carbonyl (C=O) groups is 1. The number of aryl methyl sites for hydroxylation is 2. The lowest BCUT2D eigenvalue weighted by molar-refractivity contribution is -0.116. The smallest absolute Gasteiger partial charge is 0.227 e. The molecule has 1 aliphatic heterocycles. The van der Waals surface area contributed by atoms with Crippen molar-refractivity contribution in [3.8, 4) is 22.6 Å². The van der Waals surface area contributed by atoms with E-state index in [-0.39, 0.29) is 18.1 Å². The van der Waals surface area contributed by atoms with E-state index in [4.69, 9.17) is 16.6 Å². The zero-order chi connectivity index (χ0) is 28.7. The first-order chi connectivity index (χ1) is 19.8. The third kappa shape index (κ3) is 5.25. The second-order valence-corrected chi connectivity index (χ2v) is 11.1. The number of aromatic hydroxyl groups is 1. The van der Waals surface area contributed by atoms with Gasteiger partial charge in [0, 0.05) is 35.1 Å². The van der Waals surface area contributed by atoms with Crippen LogP contribution in [0.4, 0.5) is 5.69 Å². The first-order valence-corrected chi connectivity index (χ1v) is 14.0. The third-order valence-electron chi connectivity index (χ3n) is 6.67. The molecule has 4 heterocycles. The van der Waals surface area contributed by atoms with Crippen molar-refractivity contribution in [1.29, 1.82) is 0 Å². The standard InChI is InChI=1S/C30H24ClN7O2S/c1-17-25(13-4-19-15-32-37(3)16-19)41-30-27(17)28(20-5-7-21(31)8-6-20)34-24(29-36-35-18(2)38(29)30)14-26(40)33-22-9-11-23(39)12-10-22/h5-12,15-16,24,39H,14H2,1-3H3,(H,33,40)/t24-/m0/s1. The fourth-order valence-corrected chi connectivity index (χ4v) is 6.03. The lowest BCUT2D eigenvalue weighted by Crippen LogP contribution is -2.17. The van der Waals surface area contributed by atoms with Crippen LogP contribution in [0.25, 0.3) is 5.00 Å². The SMILES string of the molecule is Cc1c(C#Cc2cnn(C)c2)sc2c1C(c1ccc(Cl)cc1)=N[C@@H](CC(=O)Nc1ccc(O)cc1)c1nnc(C)n1-2. The van der Waals surface area contributed by atoms with Crippen LogP contribution in [0.5, 0.6) is 5.75 Å². The number of aromatic nitrogens is 5. The number of anilines is 1. The molecular weight excluding hydrogens is 558 g/mol. The Balaban J connectivity index is 1.47. The number of hydrogen-bond acceptors (Lipinski definition) is 7. The number of nitrogens with zero attached hydrogens (tertiary/aromatic N) is 6. The summed E-state index contributed by atoms with van der Waals surface area (Å²) in [5.74, 6) is 7.68. The van der Waals surface area contributed by atoms with Crippen molar-refractivity contribution in [3.05, 3.63) is 105 Å². The number of phenols is 1. The van der Waals surface area contributed by atoms with Crippen LogP contribution in [0.1, 0.15) is 51.2 Å². The first kappa shape index (κ1) is 26.5. The average Bonchev–Trinajstić information content (AvgIpc) is 3.61. The summed E-state index contributed by atoms with van der Waals surface area (Å²) in [6.07, 6.45) is 3.65. The first-order valence-electron chi connectivity index (χ1n) is 12.8. The van der Waals surface area contributed by atoms with E-state index in [1.165, 1.54) is 12.1 Å². The molecule has 0 bridgehead atoms. The molecular formula is C30H24ClN7O2S. The van der Waals surface area contributed by atoms with Crippen LogP contribution in [0.2, 0.25) is 5.02 Å². The van der Waals surface area contributed by atoms with Crippen LogP contribution < -0.4 is 5.32 Å². The van der Waals surface area contributed by atoms with Gasteiger partial charge in [-0.3, -0.25) is 19.0 Å². The van der Waals surface area contributed by atoms with Gasteiger partial charge in [0.25, 0.3) is 0 Å². The van der Waals surface area contributed by atoms with E-state index in [1.54, 1.807) is 34.3 Å². The molecule has 1 atom stereocenters. The summed E-state index contributed by atoms with van der Waals surface area (Å²) in [6.45, 7) is 3.92. The zero-order valence-electron chi connectivity index (χ0n) is 22.4. The molecule has 2 aromatic carbocycles. The van der Waals surface area contributed by atoms with E-state index in [9.17, 15) is 9.90 Å². The highest BCUT2D eigenvalue weighted by atomic mass is 35.5. The summed E-state index contributed by atoms with van der Waals surface area (Å²) in [6, 6.07) is 13.2. The Bertz CT molecular complexity index is 1870. The van der Waals surface area contributed by atoms with Gasteiger partial charge < -0.3 is 10.4 Å². The van der Waals surface area contributed by atoms with Gasteiger partial charge in [0.1, 0.15) is 22.6 Å². The summed E-state index contributed by atoms with van der Waals surface area (Å²) in [5, 5.41) is 27.0. The number of carbonyl (C=O) groups excluding carboxylic acids is 1. The highest BCUT2D eigenvalue weighted by Gasteiger charge is 2.32. The molecule has 9 nitrogen and oxygen atoms in total. The van der Waals surface area contributed by atoms with Gasteiger partial charge in [0.15, 0.2) is 5.82 Å². The van der Waals surface area contributed by atoms with Crippen molar-refractivity contribution in [1.82, 2.24) is 24.5 Å². The molecule has 1 amide bonds. The van der Waals surface area contributed by atoms with E-state index in [1.807, 2.05) is 55.9 Å². The maximum Gasteiger partial charge on any atom is 0.227 e. The Morgan fingerprint density at radius 1 is 1.10 bits per heavy atom. The molecule has 3 aromatic heterocycles. The van der Waals surface area contributed by atoms with Gasteiger partial charge in [-0.15, -0.1) is 21.5 Å². The topological polar surface area (TPSA) is 110 Å². The second kappa shape index (κ2) is 10.7. The van der Waals surface area contributed by atoms with Crippen molar-refractivity contribution in [2.75, 3.05) is 5.32 Å². The number of hydrogen-bond donors (Lipinski definition) is 2. The van der Waals surface area contributed by atoms with Crippen LogP contribution in [0.3, 0.4) is 0 Å². The van der Waals surface area contributed by atoms with Crippen molar-refractivity contribution in [3.63, 3.8) is 0 Å². The van der Waals surface area contributed by atoms with Crippen molar-refractivity contribution in [2.24, 2.45) is 12.0 Å². The van der Waals surface area contributed by atoms with Crippen molar-refractivity contribution in [2.45, 2.75) is 26.3 Å². The number of thiophene rings is 1. The molecule has 204 valence electrons. The molecule has 0 aliphatic carbocycles. The lowest BCUT2D eigenvalue weighted by Gasteiger charge is -2.13. The van der Waals surface area contributed by atoms with Gasteiger partial charge in [-0.05, 0) is 55.8 Å². The predicted octanol–water partition coefficient (Wildman–Crippen LogP) is 5.36. The van der Waals surface area contributed by atoms with Crippen molar-refractivity contribution >= 4 is 40.2 Å². The van der Waals surface area contributed by atoms with Gasteiger partial charge in [0.05, 0.1) is 28.8 Å². The maximum atomic E-state index is 13.2. The summed E-state index contributed by atoms with van der Waals surface area (Å²) in [5.41, 5.74) is 4.88. The van der Waals surface area contributed by atoms with Crippen LogP contribution in [-0.4, -0.2) is 41.3 Å². The molecule has 2 N–H and O–H groups in total. The molecule has 0 spiro atoms. The van der Waals surface area contributed by atoms with Crippen LogP contribution in [0, 0.1) is 25.7 Å². The lowest BCUT2D eigenvalue weighted by atomic mass is 9.99. The summed E-state index contributed by atoms with van der Waals surface area (Å²) < 4.78 is 3.70. The highest BCUT2D eigenvalue weighted by molar-refractivity contribution is 7.15. The van der Waals surface area contributed by atoms with E-state index in [0.717, 1.165) is 37.8 Å². The fourth-order valence-electron chi connectivity index (χ4n) is 4.69. The molecule has 0 fully saturated rings. The molecule has 0 unspecified atom stereocenters. The zero-order valence-corrected chi connectivity index (χ0v) is 24.0. The van der Waals surface area contributed by atoms with Gasteiger partial charge in [-0.1, -0.05) is 35.6 Å². The third-order valence-corrected chi connectivity index (χ3v) is 8.12. The van der Waals surface area contributed by atoms with Gasteiger partial charge in [-0.25, -0.2) is 0 Å². The summed E-state index contributed by atoms with van der Waals surface area (Å²) in [4.78, 5) is 19.2. The van der Waals surface area contributed by atoms with Crippen LogP contribution >= 0.6 is 22.9 Å². The fraction of sp³-hybridized carbons (Fsp3) is 0.167. The molecule has 0 saturated heterocycles. The van der Waals surface area contributed by atoms with E-state index < -0.39 is 6.04 Å². The Hall–Kier alpha value is -4.72. The van der Waals surface area contributed by atoms with E-state index >= 15 is 0 Å². The Morgan fingerprint density at radius 3 is 2.56 bits per heavy atom. The quantitative estimate of drug-likeness (QED) is 0.219. The number of rotatable bonds is 4. The minimum atomic E-state index is -0.608. The molecule has 0 saturated carbocycles. The molecule has 41 heavy (non-hydrogen) atoms. The monoisotopic (exact) mass is 581 g/mol. The molecule has 0 radical (unpaired) electrons. The minimum absolute atomic E-state index is 0.0394. The number of benzene rings is 2. The van der Waals surface area contributed by atoms with Crippen molar-refractivity contribution < 1.29 is 9.90 Å². The predicted molar refractivity (Wildman–Crippen MR) is 159 cm³/mol.